The van der Waals surface area contributed by atoms with Gasteiger partial charge in [-0.1, -0.05) is 35.9 Å². The fourth-order valence-corrected chi connectivity index (χ4v) is 2.97. The molecule has 1 aliphatic heterocycles. The lowest BCUT2D eigenvalue weighted by Crippen LogP contribution is -2.48. The summed E-state index contributed by atoms with van der Waals surface area (Å²) in [6.07, 6.45) is 0. The van der Waals surface area contributed by atoms with Crippen molar-refractivity contribution in [3.8, 4) is 0 Å². The molecule has 0 saturated carbocycles. The Labute approximate surface area is 150 Å². The Morgan fingerprint density at radius 2 is 1.48 bits per heavy atom. The second-order valence-electron chi connectivity index (χ2n) is 5.98. The molecule has 0 saturated heterocycles. The van der Waals surface area contributed by atoms with E-state index in [4.69, 9.17) is 11.6 Å². The quantitative estimate of drug-likeness (QED) is 0.855. The second-order valence-corrected chi connectivity index (χ2v) is 6.42. The second kappa shape index (κ2) is 6.69. The molecular formula is C19H17ClN2O3. The van der Waals surface area contributed by atoms with Crippen molar-refractivity contribution in [1.82, 2.24) is 10.2 Å². The fraction of sp³-hybridized carbons (Fsp3) is 0.211. The zero-order chi connectivity index (χ0) is 18.1. The van der Waals surface area contributed by atoms with Crippen molar-refractivity contribution in [2.75, 3.05) is 0 Å². The van der Waals surface area contributed by atoms with Crippen molar-refractivity contribution in [2.45, 2.75) is 25.9 Å². The van der Waals surface area contributed by atoms with Crippen LogP contribution in [0.4, 0.5) is 0 Å². The van der Waals surface area contributed by atoms with Crippen molar-refractivity contribution >= 4 is 29.3 Å². The molecule has 5 nitrogen and oxygen atoms in total. The molecule has 25 heavy (non-hydrogen) atoms. The number of hydrogen-bond donors (Lipinski definition) is 1. The van der Waals surface area contributed by atoms with Gasteiger partial charge >= 0.3 is 0 Å². The summed E-state index contributed by atoms with van der Waals surface area (Å²) in [6, 6.07) is 12.5. The molecule has 1 heterocycles. The van der Waals surface area contributed by atoms with E-state index in [1.54, 1.807) is 43.3 Å². The first-order valence-corrected chi connectivity index (χ1v) is 8.30. The molecule has 2 aromatic rings. The van der Waals surface area contributed by atoms with E-state index in [1.165, 1.54) is 0 Å². The third-order valence-electron chi connectivity index (χ3n) is 4.32. The molecule has 0 radical (unpaired) electrons. The average molecular weight is 357 g/mol. The number of hydrogen-bond acceptors (Lipinski definition) is 3. The molecule has 3 amide bonds. The monoisotopic (exact) mass is 356 g/mol. The Balaban J connectivity index is 1.74. The largest absolute Gasteiger partial charge is 0.348 e. The number of carbonyl (C=O) groups is 3. The Morgan fingerprint density at radius 1 is 0.960 bits per heavy atom. The first-order chi connectivity index (χ1) is 11.9. The first kappa shape index (κ1) is 17.2. The molecule has 1 aliphatic rings. The van der Waals surface area contributed by atoms with Gasteiger partial charge in [0.25, 0.3) is 11.8 Å². The highest BCUT2D eigenvalue weighted by molar-refractivity contribution is 6.30. The van der Waals surface area contributed by atoms with Crippen LogP contribution in [0.5, 0.6) is 0 Å². The summed E-state index contributed by atoms with van der Waals surface area (Å²) in [6.45, 7) is 3.38. The minimum Gasteiger partial charge on any atom is -0.348 e. The summed E-state index contributed by atoms with van der Waals surface area (Å²) in [7, 11) is 0. The Bertz CT molecular complexity index is 813. The van der Waals surface area contributed by atoms with Gasteiger partial charge in [0.15, 0.2) is 0 Å². The summed E-state index contributed by atoms with van der Waals surface area (Å²) in [5.74, 6) is -1.28. The molecule has 6 heteroatoms. The number of nitrogens with one attached hydrogen (secondary N) is 1. The molecule has 128 valence electrons. The number of fused-ring (bicyclic) bond motifs is 1. The van der Waals surface area contributed by atoms with Crippen LogP contribution in [0.25, 0.3) is 0 Å². The zero-order valence-electron chi connectivity index (χ0n) is 13.8. The Morgan fingerprint density at radius 3 is 2.00 bits per heavy atom. The summed E-state index contributed by atoms with van der Waals surface area (Å²) >= 11 is 5.87. The van der Waals surface area contributed by atoms with Gasteiger partial charge in [-0.3, -0.25) is 19.3 Å². The minimum atomic E-state index is -0.901. The standard InChI is InChI=1S/C19H17ClN2O3/c1-11(13-7-9-14(20)10-8-13)21-17(23)12(2)22-18(24)15-5-3-4-6-16(15)19(22)25/h3-12H,1-2H3,(H,21,23)/t11-,12+/m0/s1. The number of benzene rings is 2. The number of carbonyl (C=O) groups excluding carboxylic acids is 3. The highest BCUT2D eigenvalue weighted by Crippen LogP contribution is 2.25. The topological polar surface area (TPSA) is 66.5 Å². The summed E-state index contributed by atoms with van der Waals surface area (Å²) in [5, 5.41) is 3.44. The van der Waals surface area contributed by atoms with Crippen LogP contribution in [-0.2, 0) is 4.79 Å². The van der Waals surface area contributed by atoms with Gasteiger partial charge in [0.2, 0.25) is 5.91 Å². The van der Waals surface area contributed by atoms with Gasteiger partial charge in [0.05, 0.1) is 17.2 Å². The van der Waals surface area contributed by atoms with Crippen LogP contribution in [0.1, 0.15) is 46.2 Å². The van der Waals surface area contributed by atoms with Gasteiger partial charge in [-0.25, -0.2) is 0 Å². The van der Waals surface area contributed by atoms with Crippen molar-refractivity contribution < 1.29 is 14.4 Å². The normalized spacial score (nSPS) is 15.7. The van der Waals surface area contributed by atoms with Crippen LogP contribution < -0.4 is 5.32 Å². The highest BCUT2D eigenvalue weighted by atomic mass is 35.5. The average Bonchev–Trinajstić information content (AvgIpc) is 2.86. The lowest BCUT2D eigenvalue weighted by molar-refractivity contribution is -0.125. The van der Waals surface area contributed by atoms with Crippen LogP contribution in [0.3, 0.4) is 0 Å². The smallest absolute Gasteiger partial charge is 0.262 e. The van der Waals surface area contributed by atoms with Crippen molar-refractivity contribution in [1.29, 1.82) is 0 Å². The third kappa shape index (κ3) is 3.15. The molecular weight excluding hydrogens is 340 g/mol. The maximum atomic E-state index is 12.5. The van der Waals surface area contributed by atoms with E-state index in [9.17, 15) is 14.4 Å². The number of imide groups is 1. The Hall–Kier alpha value is -2.66. The number of halogens is 1. The van der Waals surface area contributed by atoms with Crippen LogP contribution >= 0.6 is 11.6 Å². The van der Waals surface area contributed by atoms with Crippen molar-refractivity contribution in [3.63, 3.8) is 0 Å². The van der Waals surface area contributed by atoms with E-state index in [0.717, 1.165) is 10.5 Å². The number of rotatable bonds is 4. The van der Waals surface area contributed by atoms with E-state index in [0.29, 0.717) is 16.1 Å². The van der Waals surface area contributed by atoms with Crippen LogP contribution in [0.2, 0.25) is 5.02 Å². The van der Waals surface area contributed by atoms with Gasteiger partial charge < -0.3 is 5.32 Å². The molecule has 0 spiro atoms. The van der Waals surface area contributed by atoms with E-state index < -0.39 is 23.8 Å². The molecule has 0 bridgehead atoms. The lowest BCUT2D eigenvalue weighted by atomic mass is 10.1. The maximum Gasteiger partial charge on any atom is 0.262 e. The SMILES string of the molecule is C[C@H](NC(=O)[C@@H](C)N1C(=O)c2ccccc2C1=O)c1ccc(Cl)cc1. The molecule has 2 aromatic carbocycles. The van der Waals surface area contributed by atoms with Gasteiger partial charge in [-0.05, 0) is 43.7 Å². The predicted octanol–water partition coefficient (Wildman–Crippen LogP) is 3.20. The summed E-state index contributed by atoms with van der Waals surface area (Å²) in [4.78, 5) is 38.5. The van der Waals surface area contributed by atoms with Crippen molar-refractivity contribution in [3.05, 3.63) is 70.2 Å². The summed E-state index contributed by atoms with van der Waals surface area (Å²) in [5.41, 5.74) is 1.54. The van der Waals surface area contributed by atoms with Gasteiger partial charge in [-0.15, -0.1) is 0 Å². The van der Waals surface area contributed by atoms with Gasteiger partial charge in [-0.2, -0.15) is 0 Å². The van der Waals surface area contributed by atoms with Crippen LogP contribution in [0, 0.1) is 0 Å². The molecule has 3 rings (SSSR count). The lowest BCUT2D eigenvalue weighted by Gasteiger charge is -2.24. The third-order valence-corrected chi connectivity index (χ3v) is 4.57. The molecule has 0 fully saturated rings. The first-order valence-electron chi connectivity index (χ1n) is 7.93. The van der Waals surface area contributed by atoms with Crippen LogP contribution in [0.15, 0.2) is 48.5 Å². The van der Waals surface area contributed by atoms with E-state index in [-0.39, 0.29) is 6.04 Å². The molecule has 0 aromatic heterocycles. The molecule has 0 unspecified atom stereocenters. The minimum absolute atomic E-state index is 0.276. The van der Waals surface area contributed by atoms with Crippen molar-refractivity contribution in [2.24, 2.45) is 0 Å². The van der Waals surface area contributed by atoms with E-state index >= 15 is 0 Å². The summed E-state index contributed by atoms with van der Waals surface area (Å²) < 4.78 is 0. The Kier molecular flexibility index (Phi) is 4.59. The maximum absolute atomic E-state index is 12.5. The number of amides is 3. The number of nitrogens with zero attached hydrogens (tertiary/aromatic N) is 1. The van der Waals surface area contributed by atoms with Gasteiger partial charge in [0.1, 0.15) is 6.04 Å². The van der Waals surface area contributed by atoms with E-state index in [2.05, 4.69) is 5.32 Å². The highest BCUT2D eigenvalue weighted by Gasteiger charge is 2.40. The fourth-order valence-electron chi connectivity index (χ4n) is 2.85. The molecule has 2 atom stereocenters. The van der Waals surface area contributed by atoms with Gasteiger partial charge in [0, 0.05) is 5.02 Å². The van der Waals surface area contributed by atoms with E-state index in [1.807, 2.05) is 19.1 Å². The predicted molar refractivity (Wildman–Crippen MR) is 94.4 cm³/mol. The zero-order valence-corrected chi connectivity index (χ0v) is 14.6. The molecule has 1 N–H and O–H groups in total. The molecule has 0 aliphatic carbocycles. The van der Waals surface area contributed by atoms with Crippen LogP contribution in [-0.4, -0.2) is 28.7 Å².